The molecule has 0 amide bonds. The van der Waals surface area contributed by atoms with Gasteiger partial charge in [-0.1, -0.05) is 26.0 Å². The second kappa shape index (κ2) is 3.77. The molecule has 1 saturated carbocycles. The number of benzene rings is 1. The molecule has 3 atom stereocenters. The lowest BCUT2D eigenvalue weighted by atomic mass is 10.2. The Balaban J connectivity index is 1.81. The summed E-state index contributed by atoms with van der Waals surface area (Å²) in [6.07, 6.45) is 1.05. The van der Waals surface area contributed by atoms with E-state index in [2.05, 4.69) is 38.1 Å². The summed E-state index contributed by atoms with van der Waals surface area (Å²) in [5, 5.41) is 0. The molecule has 3 heteroatoms. The minimum absolute atomic E-state index is 0.0143. The van der Waals surface area contributed by atoms with E-state index in [0.717, 1.165) is 6.42 Å². The predicted molar refractivity (Wildman–Crippen MR) is 68.0 cm³/mol. The molecule has 90 valence electrons. The van der Waals surface area contributed by atoms with Crippen LogP contribution in [0.4, 0.5) is 0 Å². The van der Waals surface area contributed by atoms with E-state index in [0.29, 0.717) is 18.4 Å². The molecule has 2 fully saturated rings. The first-order valence-electron chi connectivity index (χ1n) is 6.13. The van der Waals surface area contributed by atoms with Gasteiger partial charge in [0, 0.05) is 10.8 Å². The van der Waals surface area contributed by atoms with E-state index in [4.69, 9.17) is 4.74 Å². The van der Waals surface area contributed by atoms with Gasteiger partial charge in [-0.3, -0.25) is 4.79 Å². The monoisotopic (exact) mass is 248 g/mol. The summed E-state index contributed by atoms with van der Waals surface area (Å²) >= 11 is 1.69. The van der Waals surface area contributed by atoms with Crippen LogP contribution in [-0.2, 0) is 16.0 Å². The molecule has 2 aliphatic rings. The molecule has 0 N–H and O–H groups in total. The first-order valence-corrected chi connectivity index (χ1v) is 6.95. The first kappa shape index (κ1) is 11.1. The number of aryl methyl sites for hydroxylation is 1. The number of carbonyl (C=O) groups excluding carboxylic acids is 1. The van der Waals surface area contributed by atoms with E-state index in [1.807, 2.05) is 0 Å². The average molecular weight is 248 g/mol. The summed E-state index contributed by atoms with van der Waals surface area (Å²) in [7, 11) is 0. The van der Waals surface area contributed by atoms with Crippen LogP contribution < -0.4 is 0 Å². The summed E-state index contributed by atoms with van der Waals surface area (Å²) in [6.45, 7) is 4.91. The Hall–Kier alpha value is -0.960. The van der Waals surface area contributed by atoms with Gasteiger partial charge in [0.15, 0.2) is 0 Å². The van der Waals surface area contributed by atoms with Gasteiger partial charge >= 0.3 is 5.97 Å². The van der Waals surface area contributed by atoms with Crippen molar-refractivity contribution in [3.05, 3.63) is 29.8 Å². The van der Waals surface area contributed by atoms with Crippen molar-refractivity contribution in [3.63, 3.8) is 0 Å². The fourth-order valence-corrected chi connectivity index (χ4v) is 4.21. The third-order valence-corrected chi connectivity index (χ3v) is 5.74. The lowest BCUT2D eigenvalue weighted by Gasteiger charge is -2.11. The maximum absolute atomic E-state index is 11.8. The smallest absolute Gasteiger partial charge is 0.323 e. The van der Waals surface area contributed by atoms with E-state index < -0.39 is 0 Å². The topological polar surface area (TPSA) is 26.3 Å². The second-order valence-electron chi connectivity index (χ2n) is 4.89. The molecule has 1 aromatic rings. The third kappa shape index (κ3) is 1.52. The molecule has 0 radical (unpaired) electrons. The quantitative estimate of drug-likeness (QED) is 0.769. The number of hydrogen-bond donors (Lipinski definition) is 0. The zero-order valence-electron chi connectivity index (χ0n) is 10.1. The van der Waals surface area contributed by atoms with Gasteiger partial charge in [-0.2, -0.15) is 0 Å². The Morgan fingerprint density at radius 3 is 2.65 bits per heavy atom. The average Bonchev–Trinajstić information content (AvgIpc) is 2.75. The van der Waals surface area contributed by atoms with Gasteiger partial charge in [-0.05, 0) is 30.0 Å². The van der Waals surface area contributed by atoms with Crippen LogP contribution in [0.25, 0.3) is 0 Å². The zero-order chi connectivity index (χ0) is 12.0. The molecule has 1 aromatic carbocycles. The Kier molecular flexibility index (Phi) is 2.47. The van der Waals surface area contributed by atoms with Crippen molar-refractivity contribution in [2.75, 3.05) is 6.61 Å². The Morgan fingerprint density at radius 1 is 1.41 bits per heavy atom. The Morgan fingerprint density at radius 2 is 2.12 bits per heavy atom. The molecule has 1 aliphatic carbocycles. The van der Waals surface area contributed by atoms with Gasteiger partial charge in [0.1, 0.15) is 4.75 Å². The highest BCUT2D eigenvalue weighted by atomic mass is 32.2. The molecule has 1 saturated heterocycles. The zero-order valence-corrected chi connectivity index (χ0v) is 10.9. The summed E-state index contributed by atoms with van der Waals surface area (Å²) in [5.74, 6) is 0.866. The van der Waals surface area contributed by atoms with Crippen LogP contribution in [0.1, 0.15) is 19.4 Å². The lowest BCUT2D eigenvalue weighted by Crippen LogP contribution is -2.19. The number of carbonyl (C=O) groups is 1. The van der Waals surface area contributed by atoms with Crippen molar-refractivity contribution in [1.82, 2.24) is 0 Å². The maximum Gasteiger partial charge on any atom is 0.323 e. The number of fused-ring (bicyclic) bond motifs is 1. The molecule has 0 spiro atoms. The van der Waals surface area contributed by atoms with Crippen LogP contribution in [-0.4, -0.2) is 17.3 Å². The summed E-state index contributed by atoms with van der Waals surface area (Å²) in [5.41, 5.74) is 1.33. The number of rotatable bonds is 3. The van der Waals surface area contributed by atoms with Crippen LogP contribution in [0.2, 0.25) is 0 Å². The van der Waals surface area contributed by atoms with Gasteiger partial charge in [-0.15, -0.1) is 11.8 Å². The summed E-state index contributed by atoms with van der Waals surface area (Å²) in [4.78, 5) is 13.0. The number of esters is 1. The largest absolute Gasteiger partial charge is 0.464 e. The van der Waals surface area contributed by atoms with Crippen molar-refractivity contribution in [1.29, 1.82) is 0 Å². The second-order valence-corrected chi connectivity index (χ2v) is 6.24. The number of cyclic esters (lactones) is 1. The third-order valence-electron chi connectivity index (χ3n) is 4.05. The van der Waals surface area contributed by atoms with Gasteiger partial charge < -0.3 is 4.74 Å². The number of ether oxygens (including phenoxy) is 1. The normalized spacial score (nSPS) is 34.4. The molecule has 2 nitrogen and oxygen atoms in total. The number of hydrogen-bond acceptors (Lipinski definition) is 3. The first-order chi connectivity index (χ1) is 8.18. The van der Waals surface area contributed by atoms with Crippen LogP contribution in [0.5, 0.6) is 0 Å². The minimum Gasteiger partial charge on any atom is -0.464 e. The highest BCUT2D eigenvalue weighted by Gasteiger charge is 2.73. The predicted octanol–water partition coefficient (Wildman–Crippen LogP) is 2.90. The van der Waals surface area contributed by atoms with Crippen molar-refractivity contribution in [3.8, 4) is 0 Å². The molecule has 17 heavy (non-hydrogen) atoms. The van der Waals surface area contributed by atoms with Crippen LogP contribution >= 0.6 is 11.8 Å². The Bertz CT molecular complexity index is 454. The van der Waals surface area contributed by atoms with E-state index in [1.165, 1.54) is 10.5 Å². The molecule has 0 bridgehead atoms. The van der Waals surface area contributed by atoms with Crippen LogP contribution in [0.3, 0.4) is 0 Å². The van der Waals surface area contributed by atoms with Crippen molar-refractivity contribution >= 4 is 17.7 Å². The number of thioether (sulfide) groups is 1. The van der Waals surface area contributed by atoms with Crippen LogP contribution in [0.15, 0.2) is 29.2 Å². The molecule has 1 heterocycles. The van der Waals surface area contributed by atoms with Gasteiger partial charge in [0.2, 0.25) is 0 Å². The van der Waals surface area contributed by atoms with Crippen molar-refractivity contribution in [2.24, 2.45) is 11.8 Å². The fourth-order valence-electron chi connectivity index (χ4n) is 2.70. The minimum atomic E-state index is -0.270. The van der Waals surface area contributed by atoms with Gasteiger partial charge in [0.05, 0.1) is 6.61 Å². The maximum atomic E-state index is 11.8. The SMILES string of the molecule is CCc1ccc(SC23C(=O)OCC2[C@@H]3C)cc1. The van der Waals surface area contributed by atoms with E-state index in [-0.39, 0.29) is 10.7 Å². The molecule has 0 aromatic heterocycles. The van der Waals surface area contributed by atoms with Crippen LogP contribution in [0, 0.1) is 11.8 Å². The van der Waals surface area contributed by atoms with Crippen molar-refractivity contribution in [2.45, 2.75) is 29.9 Å². The standard InChI is InChI=1S/C14H16O2S/c1-3-10-4-6-11(7-5-10)17-14-9(2)12(14)8-16-13(14)15/h4-7,9,12H,3,8H2,1-2H3/t9-,12?,14?/m0/s1. The summed E-state index contributed by atoms with van der Waals surface area (Å²) < 4.78 is 4.88. The van der Waals surface area contributed by atoms with Crippen molar-refractivity contribution < 1.29 is 9.53 Å². The van der Waals surface area contributed by atoms with E-state index >= 15 is 0 Å². The van der Waals surface area contributed by atoms with Gasteiger partial charge in [-0.25, -0.2) is 0 Å². The summed E-state index contributed by atoms with van der Waals surface area (Å²) in [6, 6.07) is 8.51. The van der Waals surface area contributed by atoms with E-state index in [9.17, 15) is 4.79 Å². The Labute approximate surface area is 106 Å². The highest BCUT2D eigenvalue weighted by Crippen LogP contribution is 2.65. The molecule has 2 unspecified atom stereocenters. The van der Waals surface area contributed by atoms with E-state index in [1.54, 1.807) is 11.8 Å². The molecular formula is C14H16O2S. The molecule has 1 aliphatic heterocycles. The fraction of sp³-hybridized carbons (Fsp3) is 0.500. The lowest BCUT2D eigenvalue weighted by molar-refractivity contribution is -0.140. The highest BCUT2D eigenvalue weighted by molar-refractivity contribution is 8.01. The molecular weight excluding hydrogens is 232 g/mol. The van der Waals surface area contributed by atoms with Gasteiger partial charge in [0.25, 0.3) is 0 Å². The molecule has 3 rings (SSSR count).